The van der Waals surface area contributed by atoms with Crippen LogP contribution in [0, 0.1) is 11.8 Å². The molecule has 0 saturated heterocycles. The molecule has 134 valence electrons. The lowest BCUT2D eigenvalue weighted by Gasteiger charge is -2.27. The number of hydrogen-bond donors (Lipinski definition) is 0. The predicted octanol–water partition coefficient (Wildman–Crippen LogP) is 4.99. The van der Waals surface area contributed by atoms with Crippen LogP contribution >= 0.6 is 0 Å². The van der Waals surface area contributed by atoms with E-state index in [1.165, 1.54) is 25.7 Å². The van der Waals surface area contributed by atoms with E-state index >= 15 is 0 Å². The number of rotatable bonds is 6. The maximum Gasteiger partial charge on any atom is 0.363 e. The molecular formula is C21H27NO3. The van der Waals surface area contributed by atoms with Crippen molar-refractivity contribution in [3.63, 3.8) is 0 Å². The summed E-state index contributed by atoms with van der Waals surface area (Å²) >= 11 is 0. The minimum atomic E-state index is -0.334. The molecule has 0 aromatic heterocycles. The number of carbonyl (C=O) groups excluding carboxylic acids is 1. The number of benzene rings is 1. The van der Waals surface area contributed by atoms with Crippen LogP contribution in [0.15, 0.2) is 35.0 Å². The molecule has 0 radical (unpaired) electrons. The molecular weight excluding hydrogens is 314 g/mol. The van der Waals surface area contributed by atoms with E-state index in [0.29, 0.717) is 24.1 Å². The molecule has 0 spiro atoms. The van der Waals surface area contributed by atoms with Gasteiger partial charge in [-0.05, 0) is 62.3 Å². The van der Waals surface area contributed by atoms with Crippen LogP contribution < -0.4 is 4.74 Å². The fourth-order valence-corrected chi connectivity index (χ4v) is 3.69. The van der Waals surface area contributed by atoms with Gasteiger partial charge in [-0.1, -0.05) is 31.9 Å². The maximum absolute atomic E-state index is 12.1. The largest absolute Gasteiger partial charge is 0.494 e. The van der Waals surface area contributed by atoms with E-state index in [9.17, 15) is 4.79 Å². The van der Waals surface area contributed by atoms with Crippen LogP contribution in [0.5, 0.6) is 5.75 Å². The molecule has 3 rings (SSSR count). The van der Waals surface area contributed by atoms with Crippen molar-refractivity contribution in [3.8, 4) is 5.75 Å². The summed E-state index contributed by atoms with van der Waals surface area (Å²) in [5, 5.41) is 0. The van der Waals surface area contributed by atoms with Crippen LogP contribution in [0.2, 0.25) is 0 Å². The Bertz CT molecular complexity index is 652. The first kappa shape index (κ1) is 17.7. The van der Waals surface area contributed by atoms with Crippen molar-refractivity contribution < 1.29 is 14.3 Å². The second-order valence-corrected chi connectivity index (χ2v) is 6.88. The molecule has 0 N–H and O–H groups in total. The summed E-state index contributed by atoms with van der Waals surface area (Å²) in [6.07, 6.45) is 8.93. The highest BCUT2D eigenvalue weighted by molar-refractivity contribution is 6.07. The molecule has 2 aliphatic rings. The summed E-state index contributed by atoms with van der Waals surface area (Å²) in [5.41, 5.74) is 1.32. The molecule has 1 aliphatic carbocycles. The molecule has 1 fully saturated rings. The quantitative estimate of drug-likeness (QED) is 0.541. The van der Waals surface area contributed by atoms with E-state index in [0.717, 1.165) is 30.1 Å². The molecule has 0 amide bonds. The lowest BCUT2D eigenvalue weighted by Crippen LogP contribution is -2.22. The molecule has 1 aromatic rings. The standard InChI is InChI=1S/C21H27NO3/c1-3-5-15-6-10-17(11-7-15)20-22-19(21(23)25-20)14-16-8-12-18(13-9-16)24-4-2/h8-9,12-15,17H,3-7,10-11H2,1-2H3. The van der Waals surface area contributed by atoms with E-state index in [4.69, 9.17) is 9.47 Å². The second kappa shape index (κ2) is 8.32. The lowest BCUT2D eigenvalue weighted by molar-refractivity contribution is -0.130. The molecule has 4 heteroatoms. The van der Waals surface area contributed by atoms with E-state index in [2.05, 4.69) is 11.9 Å². The Morgan fingerprint density at radius 3 is 2.52 bits per heavy atom. The molecule has 0 atom stereocenters. The predicted molar refractivity (Wildman–Crippen MR) is 99.5 cm³/mol. The van der Waals surface area contributed by atoms with Gasteiger partial charge in [-0.2, -0.15) is 0 Å². The first-order valence-corrected chi connectivity index (χ1v) is 9.45. The monoisotopic (exact) mass is 341 g/mol. The van der Waals surface area contributed by atoms with Crippen molar-refractivity contribution in [1.29, 1.82) is 0 Å². The maximum atomic E-state index is 12.1. The highest BCUT2D eigenvalue weighted by atomic mass is 16.6. The second-order valence-electron chi connectivity index (χ2n) is 6.88. The van der Waals surface area contributed by atoms with Crippen molar-refractivity contribution in [1.82, 2.24) is 0 Å². The molecule has 1 saturated carbocycles. The molecule has 25 heavy (non-hydrogen) atoms. The summed E-state index contributed by atoms with van der Waals surface area (Å²) in [6, 6.07) is 7.65. The lowest BCUT2D eigenvalue weighted by atomic mass is 9.80. The van der Waals surface area contributed by atoms with Gasteiger partial charge in [0.05, 0.1) is 6.61 Å². The first-order chi connectivity index (χ1) is 12.2. The van der Waals surface area contributed by atoms with Gasteiger partial charge in [0.2, 0.25) is 5.90 Å². The SMILES string of the molecule is CCCC1CCC(C2=NC(=Cc3ccc(OCC)cc3)C(=O)O2)CC1. The van der Waals surface area contributed by atoms with Crippen molar-refractivity contribution in [2.24, 2.45) is 16.8 Å². The average molecular weight is 341 g/mol. The molecule has 0 unspecified atom stereocenters. The summed E-state index contributed by atoms with van der Waals surface area (Å²) in [4.78, 5) is 16.6. The minimum absolute atomic E-state index is 0.295. The Balaban J connectivity index is 1.66. The van der Waals surface area contributed by atoms with Crippen molar-refractivity contribution in [2.45, 2.75) is 52.4 Å². The highest BCUT2D eigenvalue weighted by Crippen LogP contribution is 2.34. The Kier molecular flexibility index (Phi) is 5.90. The van der Waals surface area contributed by atoms with Gasteiger partial charge in [0.1, 0.15) is 5.75 Å². The number of aliphatic imine (C=N–C) groups is 1. The number of ether oxygens (including phenoxy) is 2. The number of cyclic esters (lactones) is 1. The Morgan fingerprint density at radius 2 is 1.88 bits per heavy atom. The number of esters is 1. The molecule has 1 aliphatic heterocycles. The minimum Gasteiger partial charge on any atom is -0.494 e. The van der Waals surface area contributed by atoms with Gasteiger partial charge in [0.15, 0.2) is 5.70 Å². The highest BCUT2D eigenvalue weighted by Gasteiger charge is 2.32. The third kappa shape index (κ3) is 4.50. The van der Waals surface area contributed by atoms with Crippen LogP contribution in [0.4, 0.5) is 0 Å². The summed E-state index contributed by atoms with van der Waals surface area (Å²) in [6.45, 7) is 4.84. The third-order valence-corrected chi connectivity index (χ3v) is 5.02. The fraction of sp³-hybridized carbons (Fsp3) is 0.524. The van der Waals surface area contributed by atoms with Crippen molar-refractivity contribution in [3.05, 3.63) is 35.5 Å². The van der Waals surface area contributed by atoms with Gasteiger partial charge in [-0.25, -0.2) is 9.79 Å². The van der Waals surface area contributed by atoms with Gasteiger partial charge < -0.3 is 9.47 Å². The Morgan fingerprint density at radius 1 is 1.16 bits per heavy atom. The van der Waals surface area contributed by atoms with E-state index in [1.807, 2.05) is 31.2 Å². The van der Waals surface area contributed by atoms with E-state index in [-0.39, 0.29) is 5.97 Å². The van der Waals surface area contributed by atoms with Gasteiger partial charge in [-0.15, -0.1) is 0 Å². The molecule has 1 heterocycles. The van der Waals surface area contributed by atoms with Crippen LogP contribution in [0.1, 0.15) is 57.9 Å². The van der Waals surface area contributed by atoms with Crippen LogP contribution in [-0.2, 0) is 9.53 Å². The van der Waals surface area contributed by atoms with Gasteiger partial charge in [-0.3, -0.25) is 0 Å². The topological polar surface area (TPSA) is 47.9 Å². The Hall–Kier alpha value is -2.10. The zero-order chi connectivity index (χ0) is 17.6. The zero-order valence-corrected chi connectivity index (χ0v) is 15.2. The summed E-state index contributed by atoms with van der Waals surface area (Å²) < 4.78 is 10.9. The van der Waals surface area contributed by atoms with Crippen LogP contribution in [0.3, 0.4) is 0 Å². The van der Waals surface area contributed by atoms with Gasteiger partial charge in [0, 0.05) is 5.92 Å². The van der Waals surface area contributed by atoms with Crippen molar-refractivity contribution in [2.75, 3.05) is 6.61 Å². The summed E-state index contributed by atoms with van der Waals surface area (Å²) in [5.74, 6) is 2.24. The number of hydrogen-bond acceptors (Lipinski definition) is 4. The smallest absolute Gasteiger partial charge is 0.363 e. The normalized spacial score (nSPS) is 25.0. The number of carbonyl (C=O) groups is 1. The van der Waals surface area contributed by atoms with Crippen LogP contribution in [0.25, 0.3) is 6.08 Å². The first-order valence-electron chi connectivity index (χ1n) is 9.45. The molecule has 4 nitrogen and oxygen atoms in total. The molecule has 1 aromatic carbocycles. The number of nitrogens with zero attached hydrogens (tertiary/aromatic N) is 1. The van der Waals surface area contributed by atoms with Gasteiger partial charge >= 0.3 is 5.97 Å². The van der Waals surface area contributed by atoms with E-state index in [1.54, 1.807) is 6.08 Å². The van der Waals surface area contributed by atoms with Crippen LogP contribution in [-0.4, -0.2) is 18.5 Å². The third-order valence-electron chi connectivity index (χ3n) is 5.02. The van der Waals surface area contributed by atoms with Crippen molar-refractivity contribution >= 4 is 17.9 Å². The van der Waals surface area contributed by atoms with E-state index < -0.39 is 0 Å². The average Bonchev–Trinajstić information content (AvgIpc) is 2.98. The Labute approximate surface area is 149 Å². The van der Waals surface area contributed by atoms with Gasteiger partial charge in [0.25, 0.3) is 0 Å². The molecule has 0 bridgehead atoms. The fourth-order valence-electron chi connectivity index (χ4n) is 3.69. The zero-order valence-electron chi connectivity index (χ0n) is 15.2. The summed E-state index contributed by atoms with van der Waals surface area (Å²) in [7, 11) is 0.